The summed E-state index contributed by atoms with van der Waals surface area (Å²) in [4.78, 5) is 12.4. The van der Waals surface area contributed by atoms with Crippen LogP contribution >= 0.6 is 0 Å². The Morgan fingerprint density at radius 1 is 1.17 bits per heavy atom. The Morgan fingerprint density at radius 3 is 2.65 bits per heavy atom. The number of benzene rings is 1. The van der Waals surface area contributed by atoms with Gasteiger partial charge in [-0.3, -0.25) is 4.68 Å². The lowest BCUT2D eigenvalue weighted by molar-refractivity contribution is 0.0486. The first-order chi connectivity index (χ1) is 11.2. The number of rotatable bonds is 5. The van der Waals surface area contributed by atoms with E-state index in [1.165, 1.54) is 0 Å². The highest BCUT2D eigenvalue weighted by Crippen LogP contribution is 2.18. The molecule has 0 atom stereocenters. The van der Waals surface area contributed by atoms with Crippen LogP contribution in [0.1, 0.15) is 21.7 Å². The number of aromatic nitrogens is 4. The lowest BCUT2D eigenvalue weighted by Crippen LogP contribution is -2.13. The van der Waals surface area contributed by atoms with Crippen molar-refractivity contribution < 1.29 is 9.53 Å². The fraction of sp³-hybridized carbons (Fsp3) is 0.235. The number of nitrogens with zero attached hydrogens (tertiary/aromatic N) is 4. The molecule has 0 aliphatic heterocycles. The third-order valence-corrected chi connectivity index (χ3v) is 3.61. The van der Waals surface area contributed by atoms with Gasteiger partial charge in [0, 0.05) is 12.4 Å². The molecule has 0 spiro atoms. The van der Waals surface area contributed by atoms with Crippen molar-refractivity contribution in [1.82, 2.24) is 19.6 Å². The Balaban J connectivity index is 1.74. The van der Waals surface area contributed by atoms with Crippen LogP contribution in [0.15, 0.2) is 48.8 Å². The zero-order valence-electron chi connectivity index (χ0n) is 13.1. The van der Waals surface area contributed by atoms with E-state index in [2.05, 4.69) is 10.2 Å². The molecule has 0 amide bonds. The molecule has 1 aromatic carbocycles. The van der Waals surface area contributed by atoms with Gasteiger partial charge in [0.1, 0.15) is 12.2 Å². The molecule has 0 saturated carbocycles. The first-order valence-corrected chi connectivity index (χ1v) is 7.43. The lowest BCUT2D eigenvalue weighted by atomic mass is 10.2. The maximum absolute atomic E-state index is 12.4. The maximum atomic E-state index is 12.4. The minimum atomic E-state index is -0.352. The van der Waals surface area contributed by atoms with E-state index in [4.69, 9.17) is 4.74 Å². The van der Waals surface area contributed by atoms with Crippen molar-refractivity contribution >= 4 is 5.97 Å². The van der Waals surface area contributed by atoms with Gasteiger partial charge in [0.15, 0.2) is 0 Å². The normalized spacial score (nSPS) is 10.7. The van der Waals surface area contributed by atoms with E-state index in [9.17, 15) is 4.79 Å². The number of carbonyl (C=O) groups excluding carboxylic acids is 1. The van der Waals surface area contributed by atoms with E-state index >= 15 is 0 Å². The third-order valence-electron chi connectivity index (χ3n) is 3.61. The van der Waals surface area contributed by atoms with E-state index in [-0.39, 0.29) is 12.6 Å². The van der Waals surface area contributed by atoms with Crippen molar-refractivity contribution in [3.8, 4) is 5.69 Å². The molecule has 3 rings (SSSR count). The van der Waals surface area contributed by atoms with E-state index in [1.807, 2.05) is 56.4 Å². The molecule has 0 aliphatic rings. The number of hydrogen-bond acceptors (Lipinski definition) is 4. The van der Waals surface area contributed by atoms with Crippen LogP contribution in [0.4, 0.5) is 0 Å². The minimum Gasteiger partial charge on any atom is -0.460 e. The number of aryl methyl sites for hydroxylation is 1. The largest absolute Gasteiger partial charge is 0.460 e. The second kappa shape index (κ2) is 6.48. The Morgan fingerprint density at radius 2 is 1.96 bits per heavy atom. The molecule has 6 nitrogen and oxygen atoms in total. The standard InChI is InChI=1S/C17H18N4O2/c1-13-16(17(22)23-12-11-20-10-6-9-18-20)14(2)21(19-13)15-7-4-3-5-8-15/h3-10H,11-12H2,1-2H3. The van der Waals surface area contributed by atoms with Crippen molar-refractivity contribution in [2.75, 3.05) is 6.61 Å². The molecule has 0 radical (unpaired) electrons. The molecular weight excluding hydrogens is 292 g/mol. The summed E-state index contributed by atoms with van der Waals surface area (Å²) in [7, 11) is 0. The van der Waals surface area contributed by atoms with Crippen LogP contribution in [0.2, 0.25) is 0 Å². The number of ether oxygens (including phenoxy) is 1. The van der Waals surface area contributed by atoms with Gasteiger partial charge in [0.2, 0.25) is 0 Å². The average Bonchev–Trinajstić information content (AvgIpc) is 3.16. The molecule has 0 fully saturated rings. The summed E-state index contributed by atoms with van der Waals surface area (Å²) < 4.78 is 8.85. The average molecular weight is 310 g/mol. The highest BCUT2D eigenvalue weighted by molar-refractivity contribution is 5.92. The molecule has 6 heteroatoms. The van der Waals surface area contributed by atoms with E-state index in [1.54, 1.807) is 15.6 Å². The molecule has 0 unspecified atom stereocenters. The quantitative estimate of drug-likeness (QED) is 0.679. The summed E-state index contributed by atoms with van der Waals surface area (Å²) in [5.74, 6) is -0.352. The third kappa shape index (κ3) is 3.15. The molecule has 0 saturated heterocycles. The molecular formula is C17H18N4O2. The smallest absolute Gasteiger partial charge is 0.341 e. The van der Waals surface area contributed by atoms with E-state index in [0.717, 1.165) is 11.4 Å². The van der Waals surface area contributed by atoms with Gasteiger partial charge in [0.05, 0.1) is 23.6 Å². The molecule has 3 aromatic rings. The van der Waals surface area contributed by atoms with Crippen LogP contribution in [0.5, 0.6) is 0 Å². The van der Waals surface area contributed by atoms with Crippen LogP contribution in [-0.2, 0) is 11.3 Å². The molecule has 2 heterocycles. The Labute approximate surface area is 134 Å². The van der Waals surface area contributed by atoms with Crippen molar-refractivity contribution in [2.45, 2.75) is 20.4 Å². The predicted molar refractivity (Wildman–Crippen MR) is 85.5 cm³/mol. The van der Waals surface area contributed by atoms with Crippen molar-refractivity contribution in [3.05, 3.63) is 65.7 Å². The van der Waals surface area contributed by atoms with Crippen molar-refractivity contribution in [2.24, 2.45) is 0 Å². The van der Waals surface area contributed by atoms with Crippen LogP contribution in [0, 0.1) is 13.8 Å². The number of hydrogen-bond donors (Lipinski definition) is 0. The van der Waals surface area contributed by atoms with Gasteiger partial charge in [-0.2, -0.15) is 10.2 Å². The van der Waals surface area contributed by atoms with E-state index < -0.39 is 0 Å². The summed E-state index contributed by atoms with van der Waals surface area (Å²) in [6.07, 6.45) is 3.53. The zero-order chi connectivity index (χ0) is 16.2. The highest BCUT2D eigenvalue weighted by atomic mass is 16.5. The molecule has 0 aliphatic carbocycles. The van der Waals surface area contributed by atoms with Crippen LogP contribution in [0.3, 0.4) is 0 Å². The monoisotopic (exact) mass is 310 g/mol. The van der Waals surface area contributed by atoms with Crippen LogP contribution in [0.25, 0.3) is 5.69 Å². The topological polar surface area (TPSA) is 61.9 Å². The Hall–Kier alpha value is -2.89. The Kier molecular flexibility index (Phi) is 4.23. The molecule has 0 N–H and O–H groups in total. The van der Waals surface area contributed by atoms with Gasteiger partial charge in [-0.1, -0.05) is 18.2 Å². The number of para-hydroxylation sites is 1. The molecule has 118 valence electrons. The van der Waals surface area contributed by atoms with Gasteiger partial charge in [-0.25, -0.2) is 9.48 Å². The summed E-state index contributed by atoms with van der Waals surface area (Å²) in [6.45, 7) is 4.49. The fourth-order valence-corrected chi connectivity index (χ4v) is 2.50. The van der Waals surface area contributed by atoms with Crippen molar-refractivity contribution in [1.29, 1.82) is 0 Å². The second-order valence-corrected chi connectivity index (χ2v) is 5.20. The summed E-state index contributed by atoms with van der Waals surface area (Å²) in [5, 5.41) is 8.53. The van der Waals surface area contributed by atoms with Gasteiger partial charge in [0.25, 0.3) is 0 Å². The zero-order valence-corrected chi connectivity index (χ0v) is 13.1. The van der Waals surface area contributed by atoms with Crippen molar-refractivity contribution in [3.63, 3.8) is 0 Å². The fourth-order valence-electron chi connectivity index (χ4n) is 2.50. The summed E-state index contributed by atoms with van der Waals surface area (Å²) >= 11 is 0. The maximum Gasteiger partial charge on any atom is 0.341 e. The first-order valence-electron chi connectivity index (χ1n) is 7.43. The van der Waals surface area contributed by atoms with Gasteiger partial charge in [-0.15, -0.1) is 0 Å². The minimum absolute atomic E-state index is 0.274. The van der Waals surface area contributed by atoms with E-state index in [0.29, 0.717) is 17.8 Å². The van der Waals surface area contributed by atoms with Crippen LogP contribution < -0.4 is 0 Å². The summed E-state index contributed by atoms with van der Waals surface area (Å²) in [5.41, 5.74) is 2.88. The summed E-state index contributed by atoms with van der Waals surface area (Å²) in [6, 6.07) is 11.6. The molecule has 2 aromatic heterocycles. The van der Waals surface area contributed by atoms with Gasteiger partial charge in [-0.05, 0) is 32.0 Å². The second-order valence-electron chi connectivity index (χ2n) is 5.20. The lowest BCUT2D eigenvalue weighted by Gasteiger charge is -2.06. The highest BCUT2D eigenvalue weighted by Gasteiger charge is 2.20. The molecule has 23 heavy (non-hydrogen) atoms. The first kappa shape index (κ1) is 15.0. The SMILES string of the molecule is Cc1nn(-c2ccccc2)c(C)c1C(=O)OCCn1cccn1. The van der Waals surface area contributed by atoms with Gasteiger partial charge >= 0.3 is 5.97 Å². The predicted octanol–water partition coefficient (Wildman–Crippen LogP) is 2.54. The van der Waals surface area contributed by atoms with Gasteiger partial charge < -0.3 is 4.74 Å². The Bertz CT molecular complexity index is 792. The van der Waals surface area contributed by atoms with Crippen LogP contribution in [-0.4, -0.2) is 32.1 Å². The number of esters is 1. The number of carbonyl (C=O) groups is 1. The molecule has 0 bridgehead atoms.